The van der Waals surface area contributed by atoms with Gasteiger partial charge in [-0.15, -0.1) is 0 Å². The van der Waals surface area contributed by atoms with Gasteiger partial charge in [0.05, 0.1) is 0 Å². The molecule has 0 saturated heterocycles. The summed E-state index contributed by atoms with van der Waals surface area (Å²) in [6.45, 7) is 4.03. The number of carbonyl (C=O) groups is 2. The standard InChI is InChI=1S/C19H24FNO3/c1-13-5-3-8-17(14(13)2)21-18(22)12-24-19(23)10-9-15-6-4-7-16(20)11-15/h4,6-7,9-11,13-14,17H,3,5,8,12H2,1-2H3,(H,21,22). The topological polar surface area (TPSA) is 55.4 Å². The van der Waals surface area contributed by atoms with Crippen LogP contribution in [0, 0.1) is 17.7 Å². The fourth-order valence-electron chi connectivity index (χ4n) is 2.99. The molecule has 1 aliphatic carbocycles. The van der Waals surface area contributed by atoms with E-state index >= 15 is 0 Å². The van der Waals surface area contributed by atoms with Crippen molar-refractivity contribution in [1.82, 2.24) is 5.32 Å². The Hall–Kier alpha value is -2.17. The largest absolute Gasteiger partial charge is 0.452 e. The van der Waals surface area contributed by atoms with E-state index in [1.807, 2.05) is 0 Å². The number of esters is 1. The van der Waals surface area contributed by atoms with E-state index in [4.69, 9.17) is 4.74 Å². The highest BCUT2D eigenvalue weighted by atomic mass is 19.1. The summed E-state index contributed by atoms with van der Waals surface area (Å²) in [4.78, 5) is 23.6. The molecule has 1 amide bonds. The minimum absolute atomic E-state index is 0.141. The van der Waals surface area contributed by atoms with Gasteiger partial charge in [-0.3, -0.25) is 4.79 Å². The average Bonchev–Trinajstić information content (AvgIpc) is 2.55. The first kappa shape index (κ1) is 18.2. The van der Waals surface area contributed by atoms with Gasteiger partial charge in [-0.1, -0.05) is 38.8 Å². The first-order chi connectivity index (χ1) is 11.5. The lowest BCUT2D eigenvalue weighted by atomic mass is 9.78. The molecule has 3 unspecified atom stereocenters. The fraction of sp³-hybridized carbons (Fsp3) is 0.474. The maximum atomic E-state index is 13.0. The van der Waals surface area contributed by atoms with Crippen LogP contribution in [0.4, 0.5) is 4.39 Å². The normalized spacial score (nSPS) is 23.9. The summed E-state index contributed by atoms with van der Waals surface area (Å²) in [7, 11) is 0. The number of rotatable bonds is 5. The second-order valence-electron chi connectivity index (χ2n) is 6.44. The SMILES string of the molecule is CC1CCCC(NC(=O)COC(=O)C=Cc2cccc(F)c2)C1C. The van der Waals surface area contributed by atoms with E-state index in [1.54, 1.807) is 12.1 Å². The molecule has 0 aromatic heterocycles. The van der Waals surface area contributed by atoms with Crippen molar-refractivity contribution in [2.24, 2.45) is 11.8 Å². The molecule has 0 radical (unpaired) electrons. The molecule has 1 N–H and O–H groups in total. The van der Waals surface area contributed by atoms with E-state index in [2.05, 4.69) is 19.2 Å². The van der Waals surface area contributed by atoms with Crippen LogP contribution in [0.3, 0.4) is 0 Å². The monoisotopic (exact) mass is 333 g/mol. The average molecular weight is 333 g/mol. The third-order valence-electron chi connectivity index (χ3n) is 4.66. The first-order valence-corrected chi connectivity index (χ1v) is 8.35. The molecule has 2 rings (SSSR count). The second-order valence-corrected chi connectivity index (χ2v) is 6.44. The van der Waals surface area contributed by atoms with Gasteiger partial charge in [0.15, 0.2) is 6.61 Å². The zero-order chi connectivity index (χ0) is 17.5. The molecule has 1 fully saturated rings. The molecule has 1 saturated carbocycles. The Morgan fingerprint density at radius 2 is 2.12 bits per heavy atom. The third kappa shape index (κ3) is 5.48. The highest BCUT2D eigenvalue weighted by Gasteiger charge is 2.28. The molecular weight excluding hydrogens is 309 g/mol. The van der Waals surface area contributed by atoms with Crippen LogP contribution < -0.4 is 5.32 Å². The van der Waals surface area contributed by atoms with Gasteiger partial charge in [-0.25, -0.2) is 9.18 Å². The third-order valence-corrected chi connectivity index (χ3v) is 4.66. The summed E-state index contributed by atoms with van der Waals surface area (Å²) in [5, 5.41) is 2.95. The van der Waals surface area contributed by atoms with Crippen molar-refractivity contribution >= 4 is 18.0 Å². The van der Waals surface area contributed by atoms with Gasteiger partial charge in [0.1, 0.15) is 5.82 Å². The molecule has 0 bridgehead atoms. The van der Waals surface area contributed by atoms with Crippen molar-refractivity contribution in [1.29, 1.82) is 0 Å². The molecule has 0 heterocycles. The molecule has 4 nitrogen and oxygen atoms in total. The Balaban J connectivity index is 1.76. The van der Waals surface area contributed by atoms with Gasteiger partial charge in [0, 0.05) is 12.1 Å². The van der Waals surface area contributed by atoms with Crippen molar-refractivity contribution in [2.75, 3.05) is 6.61 Å². The fourth-order valence-corrected chi connectivity index (χ4v) is 2.99. The van der Waals surface area contributed by atoms with E-state index in [-0.39, 0.29) is 24.4 Å². The maximum Gasteiger partial charge on any atom is 0.331 e. The number of benzene rings is 1. The zero-order valence-electron chi connectivity index (χ0n) is 14.1. The van der Waals surface area contributed by atoms with Gasteiger partial charge >= 0.3 is 5.97 Å². The van der Waals surface area contributed by atoms with Gasteiger partial charge < -0.3 is 10.1 Å². The number of halogens is 1. The first-order valence-electron chi connectivity index (χ1n) is 8.35. The number of amides is 1. The Bertz CT molecular complexity index is 614. The Kier molecular flexibility index (Phi) is 6.53. The minimum Gasteiger partial charge on any atom is -0.452 e. The van der Waals surface area contributed by atoms with Crippen molar-refractivity contribution in [3.63, 3.8) is 0 Å². The quantitative estimate of drug-likeness (QED) is 0.664. The minimum atomic E-state index is -0.625. The predicted octanol–water partition coefficient (Wildman–Crippen LogP) is 3.32. The number of hydrogen-bond donors (Lipinski definition) is 1. The van der Waals surface area contributed by atoms with Crippen molar-refractivity contribution in [3.05, 3.63) is 41.7 Å². The van der Waals surface area contributed by atoms with Gasteiger partial charge in [0.2, 0.25) is 0 Å². The van der Waals surface area contributed by atoms with Crippen LogP contribution in [0.1, 0.15) is 38.7 Å². The molecule has 1 aromatic rings. The van der Waals surface area contributed by atoms with Crippen LogP contribution in [0.5, 0.6) is 0 Å². The van der Waals surface area contributed by atoms with E-state index in [0.29, 0.717) is 17.4 Å². The van der Waals surface area contributed by atoms with E-state index in [0.717, 1.165) is 12.8 Å². The summed E-state index contributed by atoms with van der Waals surface area (Å²) in [5.74, 6) is -0.277. The van der Waals surface area contributed by atoms with Crippen molar-refractivity contribution in [3.8, 4) is 0 Å². The molecule has 24 heavy (non-hydrogen) atoms. The lowest BCUT2D eigenvalue weighted by Gasteiger charge is -2.34. The molecule has 130 valence electrons. The van der Waals surface area contributed by atoms with E-state index < -0.39 is 5.97 Å². The van der Waals surface area contributed by atoms with Crippen LogP contribution in [0.25, 0.3) is 6.08 Å². The highest BCUT2D eigenvalue weighted by molar-refractivity contribution is 5.89. The van der Waals surface area contributed by atoms with Crippen LogP contribution in [-0.2, 0) is 14.3 Å². The van der Waals surface area contributed by atoms with E-state index in [1.165, 1.54) is 30.7 Å². The van der Waals surface area contributed by atoms with Crippen LogP contribution in [0.2, 0.25) is 0 Å². The second kappa shape index (κ2) is 8.62. The lowest BCUT2D eigenvalue weighted by Crippen LogP contribution is -2.45. The number of ether oxygens (including phenoxy) is 1. The highest BCUT2D eigenvalue weighted by Crippen LogP contribution is 2.29. The number of carbonyl (C=O) groups excluding carboxylic acids is 2. The molecule has 3 atom stereocenters. The molecule has 1 aromatic carbocycles. The zero-order valence-corrected chi connectivity index (χ0v) is 14.1. The molecule has 0 aliphatic heterocycles. The summed E-state index contributed by atoms with van der Waals surface area (Å²) >= 11 is 0. The summed E-state index contributed by atoms with van der Waals surface area (Å²) in [5.41, 5.74) is 0.557. The summed E-state index contributed by atoms with van der Waals surface area (Å²) in [6.07, 6.45) is 5.90. The smallest absolute Gasteiger partial charge is 0.331 e. The Morgan fingerprint density at radius 1 is 1.33 bits per heavy atom. The van der Waals surface area contributed by atoms with E-state index in [9.17, 15) is 14.0 Å². The van der Waals surface area contributed by atoms with Crippen LogP contribution in [-0.4, -0.2) is 24.5 Å². The molecular formula is C19H24FNO3. The summed E-state index contributed by atoms with van der Waals surface area (Å²) in [6, 6.07) is 6.00. The predicted molar refractivity (Wildman–Crippen MR) is 90.5 cm³/mol. The van der Waals surface area contributed by atoms with Gasteiger partial charge in [0.25, 0.3) is 5.91 Å². The maximum absolute atomic E-state index is 13.0. The molecule has 5 heteroatoms. The Labute approximate surface area is 142 Å². The van der Waals surface area contributed by atoms with Crippen LogP contribution >= 0.6 is 0 Å². The van der Waals surface area contributed by atoms with Crippen LogP contribution in [0.15, 0.2) is 30.3 Å². The Morgan fingerprint density at radius 3 is 2.88 bits per heavy atom. The van der Waals surface area contributed by atoms with Crippen molar-refractivity contribution in [2.45, 2.75) is 39.2 Å². The summed E-state index contributed by atoms with van der Waals surface area (Å²) < 4.78 is 18.0. The molecule has 0 spiro atoms. The number of nitrogens with one attached hydrogen (secondary N) is 1. The van der Waals surface area contributed by atoms with Gasteiger partial charge in [-0.05, 0) is 42.0 Å². The van der Waals surface area contributed by atoms with Gasteiger partial charge in [-0.2, -0.15) is 0 Å². The lowest BCUT2D eigenvalue weighted by molar-refractivity contribution is -0.144. The van der Waals surface area contributed by atoms with Crippen molar-refractivity contribution < 1.29 is 18.7 Å². The molecule has 1 aliphatic rings. The number of hydrogen-bond acceptors (Lipinski definition) is 3.